The largest absolute Gasteiger partial charge is 0.388 e. The maximum absolute atomic E-state index is 12.2. The van der Waals surface area contributed by atoms with Crippen molar-refractivity contribution in [1.82, 2.24) is 15.1 Å². The van der Waals surface area contributed by atoms with E-state index in [1.54, 1.807) is 0 Å². The third-order valence-corrected chi connectivity index (χ3v) is 4.87. The molecule has 2 fully saturated rings. The van der Waals surface area contributed by atoms with Gasteiger partial charge in [0.15, 0.2) is 0 Å². The Morgan fingerprint density at radius 3 is 2.67 bits per heavy atom. The molecule has 24 heavy (non-hydrogen) atoms. The number of amides is 1. The number of benzene rings is 1. The Labute approximate surface area is 143 Å². The number of aliphatic hydroxyl groups excluding tert-OH is 1. The predicted octanol–water partition coefficient (Wildman–Crippen LogP) is -0.279. The van der Waals surface area contributed by atoms with Gasteiger partial charge in [-0.05, 0) is 12.6 Å². The molecule has 6 heteroatoms. The van der Waals surface area contributed by atoms with Gasteiger partial charge >= 0.3 is 0 Å². The quantitative estimate of drug-likeness (QED) is 0.776. The third-order valence-electron chi connectivity index (χ3n) is 4.87. The monoisotopic (exact) mass is 333 g/mol. The molecule has 132 valence electrons. The molecule has 3 atom stereocenters. The topological polar surface area (TPSA) is 65.0 Å². The highest BCUT2D eigenvalue weighted by Crippen LogP contribution is 2.17. The molecular formula is C18H27N3O3. The lowest BCUT2D eigenvalue weighted by atomic mass is 10.1. The van der Waals surface area contributed by atoms with Crippen LogP contribution in [0.15, 0.2) is 30.3 Å². The lowest BCUT2D eigenvalue weighted by Gasteiger charge is -2.34. The summed E-state index contributed by atoms with van der Waals surface area (Å²) in [6, 6.07) is 9.30. The third kappa shape index (κ3) is 4.54. The van der Waals surface area contributed by atoms with E-state index in [0.29, 0.717) is 13.0 Å². The molecule has 3 unspecified atom stereocenters. The van der Waals surface area contributed by atoms with Crippen molar-refractivity contribution in [1.29, 1.82) is 0 Å². The Kier molecular flexibility index (Phi) is 5.84. The number of hydrogen-bond acceptors (Lipinski definition) is 5. The summed E-state index contributed by atoms with van der Waals surface area (Å²) < 4.78 is 5.74. The first-order valence-electron chi connectivity index (χ1n) is 8.65. The van der Waals surface area contributed by atoms with Crippen LogP contribution >= 0.6 is 0 Å². The highest BCUT2D eigenvalue weighted by Gasteiger charge is 2.37. The number of aliphatic hydroxyl groups is 1. The van der Waals surface area contributed by atoms with Crippen LogP contribution in [0.2, 0.25) is 0 Å². The number of carbonyl (C=O) groups is 1. The lowest BCUT2D eigenvalue weighted by Crippen LogP contribution is -2.50. The summed E-state index contributed by atoms with van der Waals surface area (Å²) in [7, 11) is 2.12. The van der Waals surface area contributed by atoms with Gasteiger partial charge in [-0.1, -0.05) is 30.3 Å². The van der Waals surface area contributed by atoms with Crippen LogP contribution in [0.4, 0.5) is 0 Å². The number of rotatable bonds is 5. The van der Waals surface area contributed by atoms with Gasteiger partial charge in [0.05, 0.1) is 25.2 Å². The van der Waals surface area contributed by atoms with E-state index in [2.05, 4.69) is 22.2 Å². The van der Waals surface area contributed by atoms with E-state index in [9.17, 15) is 9.90 Å². The first kappa shape index (κ1) is 17.4. The average Bonchev–Trinajstić information content (AvgIpc) is 2.91. The molecule has 1 aromatic carbocycles. The van der Waals surface area contributed by atoms with Crippen molar-refractivity contribution < 1.29 is 14.6 Å². The molecule has 1 amide bonds. The molecule has 0 spiro atoms. The molecule has 2 heterocycles. The fraction of sp³-hybridized carbons (Fsp3) is 0.611. The van der Waals surface area contributed by atoms with E-state index in [0.717, 1.165) is 38.3 Å². The first-order valence-corrected chi connectivity index (χ1v) is 8.65. The van der Waals surface area contributed by atoms with E-state index < -0.39 is 6.10 Å². The highest BCUT2D eigenvalue weighted by atomic mass is 16.5. The minimum absolute atomic E-state index is 0.0749. The number of ether oxygens (including phenoxy) is 1. The smallest absolute Gasteiger partial charge is 0.224 e. The van der Waals surface area contributed by atoms with E-state index in [-0.39, 0.29) is 18.1 Å². The summed E-state index contributed by atoms with van der Waals surface area (Å²) in [6.45, 7) is 5.17. The van der Waals surface area contributed by atoms with Crippen molar-refractivity contribution in [3.63, 3.8) is 0 Å². The van der Waals surface area contributed by atoms with Crippen LogP contribution in [0.3, 0.4) is 0 Å². The summed E-state index contributed by atoms with van der Waals surface area (Å²) >= 11 is 0. The molecule has 2 aliphatic rings. The molecule has 2 N–H and O–H groups in total. The van der Waals surface area contributed by atoms with E-state index in [4.69, 9.17) is 4.74 Å². The zero-order chi connectivity index (χ0) is 16.9. The van der Waals surface area contributed by atoms with Crippen LogP contribution in [0.5, 0.6) is 0 Å². The molecule has 0 aromatic heterocycles. The Balaban J connectivity index is 1.45. The number of hydrogen-bond donors (Lipinski definition) is 2. The van der Waals surface area contributed by atoms with Gasteiger partial charge in [-0.25, -0.2) is 0 Å². The van der Waals surface area contributed by atoms with Crippen molar-refractivity contribution in [3.8, 4) is 0 Å². The second kappa shape index (κ2) is 8.07. The normalized spacial score (nSPS) is 28.8. The Hall–Kier alpha value is -1.47. The van der Waals surface area contributed by atoms with Crippen molar-refractivity contribution >= 4 is 5.91 Å². The number of piperazine rings is 1. The molecule has 1 aromatic rings. The molecule has 0 saturated carbocycles. The van der Waals surface area contributed by atoms with E-state index in [1.165, 1.54) is 0 Å². The summed E-state index contributed by atoms with van der Waals surface area (Å²) in [5.41, 5.74) is 0.970. The Bertz CT molecular complexity index is 532. The maximum atomic E-state index is 12.2. The standard InChI is InChI=1S/C18H27N3O3/c1-20-7-9-21(10-8-20)12-16-18(23)15(13-24-16)19-17(22)11-14-5-3-2-4-6-14/h2-6,15-16,18,23H,7-13H2,1H3,(H,19,22). The van der Waals surface area contributed by atoms with Gasteiger partial charge in [0.2, 0.25) is 5.91 Å². The SMILES string of the molecule is CN1CCN(CC2OCC(NC(=O)Cc3ccccc3)C2O)CC1. The number of likely N-dealkylation sites (N-methyl/N-ethyl adjacent to an activating group) is 1. The van der Waals surface area contributed by atoms with Crippen LogP contribution in [0, 0.1) is 0 Å². The van der Waals surface area contributed by atoms with Crippen molar-refractivity contribution in [2.45, 2.75) is 24.7 Å². The zero-order valence-corrected chi connectivity index (χ0v) is 14.2. The number of carbonyl (C=O) groups excluding carboxylic acids is 1. The minimum atomic E-state index is -0.649. The second-order valence-corrected chi connectivity index (χ2v) is 6.80. The lowest BCUT2D eigenvalue weighted by molar-refractivity contribution is -0.121. The summed E-state index contributed by atoms with van der Waals surface area (Å²) in [4.78, 5) is 16.8. The molecule has 2 aliphatic heterocycles. The van der Waals surface area contributed by atoms with Crippen LogP contribution < -0.4 is 5.32 Å². The Morgan fingerprint density at radius 2 is 1.96 bits per heavy atom. The van der Waals surface area contributed by atoms with Gasteiger partial charge in [-0.15, -0.1) is 0 Å². The van der Waals surface area contributed by atoms with Crippen LogP contribution in [0.25, 0.3) is 0 Å². The zero-order valence-electron chi connectivity index (χ0n) is 14.2. The maximum Gasteiger partial charge on any atom is 0.224 e. The molecule has 0 aliphatic carbocycles. The van der Waals surface area contributed by atoms with Gasteiger partial charge in [-0.3, -0.25) is 9.69 Å². The first-order chi connectivity index (χ1) is 11.6. The van der Waals surface area contributed by atoms with Crippen LogP contribution in [-0.2, 0) is 16.0 Å². The molecule has 6 nitrogen and oxygen atoms in total. The summed E-state index contributed by atoms with van der Waals surface area (Å²) in [6.07, 6.45) is -0.549. The summed E-state index contributed by atoms with van der Waals surface area (Å²) in [5, 5.41) is 13.4. The van der Waals surface area contributed by atoms with Crippen molar-refractivity contribution in [3.05, 3.63) is 35.9 Å². The van der Waals surface area contributed by atoms with Crippen LogP contribution in [0.1, 0.15) is 5.56 Å². The second-order valence-electron chi connectivity index (χ2n) is 6.80. The van der Waals surface area contributed by atoms with Gasteiger partial charge < -0.3 is 20.1 Å². The predicted molar refractivity (Wildman–Crippen MR) is 91.8 cm³/mol. The average molecular weight is 333 g/mol. The van der Waals surface area contributed by atoms with E-state index >= 15 is 0 Å². The number of nitrogens with one attached hydrogen (secondary N) is 1. The highest BCUT2D eigenvalue weighted by molar-refractivity contribution is 5.79. The molecule has 2 saturated heterocycles. The molecule has 0 bridgehead atoms. The fourth-order valence-corrected chi connectivity index (χ4v) is 3.30. The molecular weight excluding hydrogens is 306 g/mol. The van der Waals surface area contributed by atoms with Gasteiger partial charge in [0, 0.05) is 32.7 Å². The number of nitrogens with zero attached hydrogens (tertiary/aromatic N) is 2. The van der Waals surface area contributed by atoms with Gasteiger partial charge in [0.1, 0.15) is 6.10 Å². The fourth-order valence-electron chi connectivity index (χ4n) is 3.30. The Morgan fingerprint density at radius 1 is 1.25 bits per heavy atom. The van der Waals surface area contributed by atoms with Crippen molar-refractivity contribution in [2.24, 2.45) is 0 Å². The molecule has 3 rings (SSSR count). The molecule has 0 radical (unpaired) electrons. The van der Waals surface area contributed by atoms with Crippen LogP contribution in [-0.4, -0.2) is 85.4 Å². The van der Waals surface area contributed by atoms with E-state index in [1.807, 2.05) is 30.3 Å². The van der Waals surface area contributed by atoms with Gasteiger partial charge in [-0.2, -0.15) is 0 Å². The van der Waals surface area contributed by atoms with Crippen molar-refractivity contribution in [2.75, 3.05) is 46.4 Å². The summed E-state index contributed by atoms with van der Waals surface area (Å²) in [5.74, 6) is -0.0749. The van der Waals surface area contributed by atoms with Gasteiger partial charge in [0.25, 0.3) is 0 Å². The minimum Gasteiger partial charge on any atom is -0.388 e.